The Labute approximate surface area is 40.7 Å². The van der Waals surface area contributed by atoms with E-state index in [1.807, 2.05) is 6.92 Å². The summed E-state index contributed by atoms with van der Waals surface area (Å²) in [6, 6.07) is 0. The van der Waals surface area contributed by atoms with Crippen LogP contribution in [-0.4, -0.2) is 0 Å². The van der Waals surface area contributed by atoms with Gasteiger partial charge in [0.2, 0.25) is 0 Å². The zero-order valence-corrected chi connectivity index (χ0v) is 4.67. The Morgan fingerprint density at radius 1 is 1.80 bits per heavy atom. The van der Waals surface area contributed by atoms with Crippen molar-refractivity contribution in [3.05, 3.63) is 0 Å². The first kappa shape index (κ1) is 5.04. The third-order valence-corrected chi connectivity index (χ3v) is 0.524. The molecule has 0 unspecified atom stereocenters. The van der Waals surface area contributed by atoms with Crippen molar-refractivity contribution in [1.29, 1.82) is 0 Å². The van der Waals surface area contributed by atoms with Gasteiger partial charge in [-0.05, 0) is 4.83 Å². The quantitative estimate of drug-likeness (QED) is 0.441. The standard InChI is InChI=1S/C4H5Br/c1-2-3-4-5/h2H2,1H3. The fraction of sp³-hybridized carbons (Fsp3) is 0.500. The van der Waals surface area contributed by atoms with Gasteiger partial charge in [-0.1, -0.05) is 12.8 Å². The average Bonchev–Trinajstić information content (AvgIpc) is 1.41. The Bertz CT molecular complexity index is 55.8. The molecular formula is C4H5Br. The molecule has 0 nitrogen and oxygen atoms in total. The fourth-order valence-electron chi connectivity index (χ4n) is 0.0668. The minimum Gasteiger partial charge on any atom is -0.0911 e. The van der Waals surface area contributed by atoms with Crippen molar-refractivity contribution < 1.29 is 0 Å². The summed E-state index contributed by atoms with van der Waals surface area (Å²) in [4.78, 5) is 2.58. The summed E-state index contributed by atoms with van der Waals surface area (Å²) in [6.45, 7) is 2.01. The van der Waals surface area contributed by atoms with Crippen molar-refractivity contribution in [3.8, 4) is 10.8 Å². The summed E-state index contributed by atoms with van der Waals surface area (Å²) in [6.07, 6.45) is 0.936. The van der Waals surface area contributed by atoms with Gasteiger partial charge >= 0.3 is 0 Å². The molecule has 0 spiro atoms. The molecule has 0 aromatic rings. The van der Waals surface area contributed by atoms with Crippen molar-refractivity contribution in [2.24, 2.45) is 0 Å². The molecule has 0 aromatic carbocycles. The second-order valence-electron chi connectivity index (χ2n) is 0.625. The normalized spacial score (nSPS) is 5.20. The molecule has 1 heteroatoms. The maximum absolute atomic E-state index is 2.95. The van der Waals surface area contributed by atoms with Gasteiger partial charge in [-0.25, -0.2) is 0 Å². The van der Waals surface area contributed by atoms with Crippen LogP contribution in [0.4, 0.5) is 0 Å². The van der Waals surface area contributed by atoms with Crippen molar-refractivity contribution in [2.45, 2.75) is 13.3 Å². The van der Waals surface area contributed by atoms with Crippen LogP contribution in [0.25, 0.3) is 0 Å². The van der Waals surface area contributed by atoms with Crippen LogP contribution in [0.3, 0.4) is 0 Å². The second kappa shape index (κ2) is 4.04. The van der Waals surface area contributed by atoms with E-state index >= 15 is 0 Å². The lowest BCUT2D eigenvalue weighted by Crippen LogP contribution is -1.42. The summed E-state index contributed by atoms with van der Waals surface area (Å²) in [5.41, 5.74) is 0. The lowest BCUT2D eigenvalue weighted by molar-refractivity contribution is 1.28. The lowest BCUT2D eigenvalue weighted by Gasteiger charge is -1.56. The van der Waals surface area contributed by atoms with Crippen LogP contribution in [0.1, 0.15) is 13.3 Å². The van der Waals surface area contributed by atoms with Gasteiger partial charge in [-0.2, -0.15) is 0 Å². The van der Waals surface area contributed by atoms with Gasteiger partial charge in [0.05, 0.1) is 0 Å². The Morgan fingerprint density at radius 2 is 2.40 bits per heavy atom. The first-order valence-corrected chi connectivity index (χ1v) is 2.29. The van der Waals surface area contributed by atoms with Crippen LogP contribution in [-0.2, 0) is 0 Å². The predicted molar refractivity (Wildman–Crippen MR) is 27.0 cm³/mol. The highest BCUT2D eigenvalue weighted by Gasteiger charge is 1.50. The monoisotopic (exact) mass is 132 g/mol. The van der Waals surface area contributed by atoms with Crippen LogP contribution >= 0.6 is 15.9 Å². The van der Waals surface area contributed by atoms with Crippen LogP contribution in [0.5, 0.6) is 0 Å². The Kier molecular flexibility index (Phi) is 4.07. The highest BCUT2D eigenvalue weighted by Crippen LogP contribution is 1.71. The molecule has 0 saturated carbocycles. The molecule has 0 aromatic heterocycles. The molecule has 0 aliphatic heterocycles. The summed E-state index contributed by atoms with van der Waals surface area (Å²) in [5, 5.41) is 0. The molecule has 0 atom stereocenters. The number of rotatable bonds is 0. The molecule has 0 N–H and O–H groups in total. The summed E-state index contributed by atoms with van der Waals surface area (Å²) < 4.78 is 0. The van der Waals surface area contributed by atoms with E-state index in [2.05, 4.69) is 26.7 Å². The molecule has 5 heavy (non-hydrogen) atoms. The summed E-state index contributed by atoms with van der Waals surface area (Å²) >= 11 is 2.95. The summed E-state index contributed by atoms with van der Waals surface area (Å²) in [7, 11) is 0. The van der Waals surface area contributed by atoms with E-state index in [0.717, 1.165) is 6.42 Å². The molecule has 0 rings (SSSR count). The summed E-state index contributed by atoms with van der Waals surface area (Å²) in [5.74, 6) is 2.78. The van der Waals surface area contributed by atoms with Gasteiger partial charge in [0, 0.05) is 22.4 Å². The SMILES string of the molecule is CCC#CBr. The van der Waals surface area contributed by atoms with Gasteiger partial charge in [0.1, 0.15) is 0 Å². The van der Waals surface area contributed by atoms with Gasteiger partial charge < -0.3 is 0 Å². The highest BCUT2D eigenvalue weighted by atomic mass is 79.9. The number of halogens is 1. The zero-order valence-electron chi connectivity index (χ0n) is 3.09. The molecule has 0 amide bonds. The predicted octanol–water partition coefficient (Wildman–Crippen LogP) is 1.75. The topological polar surface area (TPSA) is 0 Å². The molecule has 0 heterocycles. The smallest absolute Gasteiger partial charge is 0.0106 e. The third-order valence-electron chi connectivity index (χ3n) is 0.244. The molecular weight excluding hydrogens is 128 g/mol. The maximum Gasteiger partial charge on any atom is 0.0106 e. The van der Waals surface area contributed by atoms with Crippen molar-refractivity contribution in [3.63, 3.8) is 0 Å². The first-order valence-electron chi connectivity index (χ1n) is 1.50. The van der Waals surface area contributed by atoms with Crippen LogP contribution in [0.15, 0.2) is 0 Å². The average molecular weight is 133 g/mol. The van der Waals surface area contributed by atoms with E-state index in [-0.39, 0.29) is 0 Å². The van der Waals surface area contributed by atoms with Gasteiger partial charge in [-0.3, -0.25) is 0 Å². The highest BCUT2D eigenvalue weighted by molar-refractivity contribution is 9.12. The van der Waals surface area contributed by atoms with Crippen LogP contribution in [0, 0.1) is 10.8 Å². The van der Waals surface area contributed by atoms with E-state index in [1.54, 1.807) is 0 Å². The molecule has 0 radical (unpaired) electrons. The Hall–Kier alpha value is 0.0400. The maximum atomic E-state index is 2.95. The van der Waals surface area contributed by atoms with Gasteiger partial charge in [0.25, 0.3) is 0 Å². The molecule has 0 fully saturated rings. The van der Waals surface area contributed by atoms with E-state index < -0.39 is 0 Å². The largest absolute Gasteiger partial charge is 0.0911 e. The van der Waals surface area contributed by atoms with E-state index in [0.29, 0.717) is 0 Å². The van der Waals surface area contributed by atoms with Crippen molar-refractivity contribution in [1.82, 2.24) is 0 Å². The lowest BCUT2D eigenvalue weighted by atomic mass is 10.5. The molecule has 0 aliphatic carbocycles. The molecule has 0 aliphatic rings. The van der Waals surface area contributed by atoms with Gasteiger partial charge in [-0.15, -0.1) is 0 Å². The number of hydrogen-bond acceptors (Lipinski definition) is 0. The molecule has 0 saturated heterocycles. The Morgan fingerprint density at radius 3 is 2.40 bits per heavy atom. The Balaban J connectivity index is 2.81. The van der Waals surface area contributed by atoms with Crippen LogP contribution in [0.2, 0.25) is 0 Å². The minimum atomic E-state index is 0.936. The third kappa shape index (κ3) is 4.04. The molecule has 28 valence electrons. The number of hydrogen-bond donors (Lipinski definition) is 0. The fourth-order valence-corrected chi connectivity index (χ4v) is 0.347. The minimum absolute atomic E-state index is 0.936. The van der Waals surface area contributed by atoms with E-state index in [9.17, 15) is 0 Å². The van der Waals surface area contributed by atoms with Crippen molar-refractivity contribution >= 4 is 15.9 Å². The first-order chi connectivity index (χ1) is 2.41. The second-order valence-corrected chi connectivity index (χ2v) is 1.02. The van der Waals surface area contributed by atoms with E-state index in [1.165, 1.54) is 0 Å². The molecule has 0 bridgehead atoms. The van der Waals surface area contributed by atoms with Crippen molar-refractivity contribution in [2.75, 3.05) is 0 Å². The van der Waals surface area contributed by atoms with E-state index in [4.69, 9.17) is 0 Å². The van der Waals surface area contributed by atoms with Gasteiger partial charge in [0.15, 0.2) is 0 Å². The van der Waals surface area contributed by atoms with Crippen LogP contribution < -0.4 is 0 Å². The zero-order chi connectivity index (χ0) is 4.12.